The van der Waals surface area contributed by atoms with Crippen molar-refractivity contribution in [1.29, 1.82) is 0 Å². The van der Waals surface area contributed by atoms with Gasteiger partial charge in [0.05, 0.1) is 10.2 Å². The van der Waals surface area contributed by atoms with Gasteiger partial charge < -0.3 is 5.32 Å². The van der Waals surface area contributed by atoms with Crippen molar-refractivity contribution in [2.24, 2.45) is 0 Å². The van der Waals surface area contributed by atoms with Crippen molar-refractivity contribution in [2.75, 3.05) is 13.1 Å². The molecule has 1 aliphatic heterocycles. The number of halogens is 1. The number of pyridine rings is 1. The Morgan fingerprint density at radius 2 is 2.11 bits per heavy atom. The van der Waals surface area contributed by atoms with Crippen molar-refractivity contribution in [1.82, 2.24) is 20.5 Å². The van der Waals surface area contributed by atoms with Gasteiger partial charge in [0.15, 0.2) is 0 Å². The zero-order valence-corrected chi connectivity index (χ0v) is 11.6. The zero-order chi connectivity index (χ0) is 12.4. The molecule has 0 aromatic carbocycles. The number of hydrogen-bond donors (Lipinski definition) is 2. The third-order valence-electron chi connectivity index (χ3n) is 3.41. The topological polar surface area (TPSA) is 53.6 Å². The molecule has 18 heavy (non-hydrogen) atoms. The Morgan fingerprint density at radius 3 is 2.83 bits per heavy atom. The minimum absolute atomic E-state index is 0.568. The molecule has 4 nitrogen and oxygen atoms in total. The fourth-order valence-electron chi connectivity index (χ4n) is 2.42. The molecule has 0 spiro atoms. The molecule has 1 aliphatic rings. The summed E-state index contributed by atoms with van der Waals surface area (Å²) in [5.41, 5.74) is 3.22. The highest BCUT2D eigenvalue weighted by molar-refractivity contribution is 9.10. The van der Waals surface area contributed by atoms with E-state index in [-0.39, 0.29) is 0 Å². The number of rotatable bonds is 2. The summed E-state index contributed by atoms with van der Waals surface area (Å²) < 4.78 is 1.09. The predicted molar refractivity (Wildman–Crippen MR) is 74.4 cm³/mol. The molecule has 0 atom stereocenters. The fraction of sp³-hybridized carbons (Fsp3) is 0.385. The Balaban J connectivity index is 1.92. The smallest absolute Gasteiger partial charge is 0.108 e. The van der Waals surface area contributed by atoms with E-state index in [1.165, 1.54) is 5.69 Å². The van der Waals surface area contributed by atoms with Crippen LogP contribution < -0.4 is 5.32 Å². The van der Waals surface area contributed by atoms with Gasteiger partial charge in [-0.3, -0.25) is 10.1 Å². The van der Waals surface area contributed by atoms with Crippen LogP contribution in [0.25, 0.3) is 11.3 Å². The first kappa shape index (κ1) is 11.9. The van der Waals surface area contributed by atoms with Crippen molar-refractivity contribution in [3.05, 3.63) is 34.7 Å². The largest absolute Gasteiger partial charge is 0.317 e. The quantitative estimate of drug-likeness (QED) is 0.897. The van der Waals surface area contributed by atoms with Crippen LogP contribution >= 0.6 is 15.9 Å². The van der Waals surface area contributed by atoms with Gasteiger partial charge in [-0.05, 0) is 54.0 Å². The molecule has 1 saturated heterocycles. The van der Waals surface area contributed by atoms with Gasteiger partial charge in [0.2, 0.25) is 0 Å². The van der Waals surface area contributed by atoms with Gasteiger partial charge in [-0.2, -0.15) is 5.10 Å². The van der Waals surface area contributed by atoms with E-state index >= 15 is 0 Å². The van der Waals surface area contributed by atoms with Crippen LogP contribution in [-0.4, -0.2) is 28.3 Å². The van der Waals surface area contributed by atoms with Crippen LogP contribution in [0.4, 0.5) is 0 Å². The fourth-order valence-corrected chi connectivity index (χ4v) is 3.15. The van der Waals surface area contributed by atoms with E-state index in [0.29, 0.717) is 5.92 Å². The second-order valence-corrected chi connectivity index (χ2v) is 5.36. The van der Waals surface area contributed by atoms with Crippen molar-refractivity contribution in [3.63, 3.8) is 0 Å². The van der Waals surface area contributed by atoms with E-state index in [4.69, 9.17) is 0 Å². The minimum atomic E-state index is 0.568. The van der Waals surface area contributed by atoms with Gasteiger partial charge in [-0.15, -0.1) is 0 Å². The Hall–Kier alpha value is -1.20. The number of nitrogens with zero attached hydrogens (tertiary/aromatic N) is 2. The maximum atomic E-state index is 4.43. The molecular formula is C13H15BrN4. The van der Waals surface area contributed by atoms with Crippen LogP contribution in [0, 0.1) is 0 Å². The monoisotopic (exact) mass is 306 g/mol. The summed E-state index contributed by atoms with van der Waals surface area (Å²) in [5, 5.41) is 11.0. The summed E-state index contributed by atoms with van der Waals surface area (Å²) in [6.45, 7) is 2.16. The number of nitrogens with one attached hydrogen (secondary N) is 2. The third kappa shape index (κ3) is 2.20. The molecule has 5 heteroatoms. The van der Waals surface area contributed by atoms with Gasteiger partial charge in [0.1, 0.15) is 5.69 Å². The lowest BCUT2D eigenvalue weighted by Gasteiger charge is -2.21. The molecule has 0 amide bonds. The van der Waals surface area contributed by atoms with Crippen molar-refractivity contribution < 1.29 is 0 Å². The molecule has 0 saturated carbocycles. The number of aromatic nitrogens is 3. The summed E-state index contributed by atoms with van der Waals surface area (Å²) in [4.78, 5) is 4.14. The lowest BCUT2D eigenvalue weighted by Crippen LogP contribution is -2.26. The first-order valence-electron chi connectivity index (χ1n) is 6.21. The predicted octanol–water partition coefficient (Wildman–Crippen LogP) is 2.70. The molecule has 0 radical (unpaired) electrons. The normalized spacial score (nSPS) is 16.9. The molecule has 2 N–H and O–H groups in total. The molecule has 1 fully saturated rings. The summed E-state index contributed by atoms with van der Waals surface area (Å²) >= 11 is 3.68. The summed E-state index contributed by atoms with van der Waals surface area (Å²) in [6, 6.07) is 3.96. The molecule has 3 rings (SSSR count). The first-order chi connectivity index (χ1) is 8.86. The lowest BCUT2D eigenvalue weighted by molar-refractivity contribution is 0.452. The van der Waals surface area contributed by atoms with Crippen LogP contribution in [0.5, 0.6) is 0 Å². The Labute approximate surface area is 114 Å². The Kier molecular flexibility index (Phi) is 3.43. The van der Waals surface area contributed by atoms with Crippen LogP contribution in [0.1, 0.15) is 24.5 Å². The number of piperidine rings is 1. The highest BCUT2D eigenvalue weighted by atomic mass is 79.9. The van der Waals surface area contributed by atoms with E-state index in [1.807, 2.05) is 18.3 Å². The van der Waals surface area contributed by atoms with Crippen molar-refractivity contribution >= 4 is 15.9 Å². The zero-order valence-electron chi connectivity index (χ0n) is 9.99. The molecule has 2 aromatic heterocycles. The Bertz CT molecular complexity index is 517. The summed E-state index contributed by atoms with van der Waals surface area (Å²) in [6.07, 6.45) is 5.94. The van der Waals surface area contributed by atoms with E-state index < -0.39 is 0 Å². The van der Waals surface area contributed by atoms with Crippen LogP contribution in [0.3, 0.4) is 0 Å². The first-order valence-corrected chi connectivity index (χ1v) is 7.00. The summed E-state index contributed by atoms with van der Waals surface area (Å²) in [7, 11) is 0. The SMILES string of the molecule is Brc1c(-c2cccnc2)n[nH]c1C1CCNCC1. The maximum Gasteiger partial charge on any atom is 0.108 e. The van der Waals surface area contributed by atoms with E-state index in [0.717, 1.165) is 41.7 Å². The van der Waals surface area contributed by atoms with E-state index in [1.54, 1.807) is 6.20 Å². The minimum Gasteiger partial charge on any atom is -0.317 e. The number of hydrogen-bond acceptors (Lipinski definition) is 3. The highest BCUT2D eigenvalue weighted by Crippen LogP contribution is 2.35. The second kappa shape index (κ2) is 5.20. The van der Waals surface area contributed by atoms with Gasteiger partial charge in [-0.25, -0.2) is 0 Å². The van der Waals surface area contributed by atoms with Crippen LogP contribution in [-0.2, 0) is 0 Å². The van der Waals surface area contributed by atoms with Gasteiger partial charge >= 0.3 is 0 Å². The number of aromatic amines is 1. The van der Waals surface area contributed by atoms with E-state index in [2.05, 4.69) is 36.4 Å². The van der Waals surface area contributed by atoms with Crippen LogP contribution in [0.15, 0.2) is 29.0 Å². The van der Waals surface area contributed by atoms with Crippen molar-refractivity contribution in [3.8, 4) is 11.3 Å². The third-order valence-corrected chi connectivity index (χ3v) is 4.22. The summed E-state index contributed by atoms with van der Waals surface area (Å²) in [5.74, 6) is 0.568. The van der Waals surface area contributed by atoms with E-state index in [9.17, 15) is 0 Å². The molecular weight excluding hydrogens is 292 g/mol. The molecule has 0 aliphatic carbocycles. The molecule has 3 heterocycles. The van der Waals surface area contributed by atoms with Gasteiger partial charge in [0, 0.05) is 23.9 Å². The second-order valence-electron chi connectivity index (χ2n) is 4.57. The molecule has 94 valence electrons. The standard InChI is InChI=1S/C13H15BrN4/c14-11-12(9-3-6-15-7-4-9)17-18-13(11)10-2-1-5-16-8-10/h1-2,5,8-9,15H,3-4,6-7H2,(H,17,18). The highest BCUT2D eigenvalue weighted by Gasteiger charge is 2.22. The maximum absolute atomic E-state index is 4.43. The average molecular weight is 307 g/mol. The molecule has 0 unspecified atom stereocenters. The Morgan fingerprint density at radius 1 is 1.28 bits per heavy atom. The average Bonchev–Trinajstić information content (AvgIpc) is 2.83. The molecule has 2 aromatic rings. The lowest BCUT2D eigenvalue weighted by atomic mass is 9.94. The number of H-pyrrole nitrogens is 1. The molecule has 0 bridgehead atoms. The van der Waals surface area contributed by atoms with Gasteiger partial charge in [-0.1, -0.05) is 0 Å². The van der Waals surface area contributed by atoms with Crippen molar-refractivity contribution in [2.45, 2.75) is 18.8 Å². The van der Waals surface area contributed by atoms with Crippen LogP contribution in [0.2, 0.25) is 0 Å². The van der Waals surface area contributed by atoms with Gasteiger partial charge in [0.25, 0.3) is 0 Å².